The zero-order valence-electron chi connectivity index (χ0n) is 11.5. The lowest BCUT2D eigenvalue weighted by molar-refractivity contribution is -0.141. The number of hydrogen-bond acceptors (Lipinski definition) is 3. The Kier molecular flexibility index (Phi) is 4.39. The van der Waals surface area contributed by atoms with Crippen molar-refractivity contribution in [1.82, 2.24) is 15.1 Å². The van der Waals surface area contributed by atoms with Crippen LogP contribution in [0.1, 0.15) is 44.3 Å². The standard InChI is InChI=1S/C13H20F3N3O/c1-2-17-12(9-20)6-3-4-10(8-12)19-7-5-11(18-19)13(14,15)16/h5,7,10,17,20H,2-4,6,8-9H2,1H3. The summed E-state index contributed by atoms with van der Waals surface area (Å²) in [6.45, 7) is 2.67. The summed E-state index contributed by atoms with van der Waals surface area (Å²) in [7, 11) is 0. The lowest BCUT2D eigenvalue weighted by Crippen LogP contribution is -2.51. The molecule has 1 aromatic heterocycles. The minimum atomic E-state index is -4.41. The van der Waals surface area contributed by atoms with E-state index >= 15 is 0 Å². The molecule has 4 nitrogen and oxygen atoms in total. The predicted molar refractivity (Wildman–Crippen MR) is 68.2 cm³/mol. The Labute approximate surface area is 116 Å². The van der Waals surface area contributed by atoms with E-state index in [9.17, 15) is 18.3 Å². The second-order valence-electron chi connectivity index (χ2n) is 5.40. The highest BCUT2D eigenvalue weighted by Crippen LogP contribution is 2.36. The molecule has 20 heavy (non-hydrogen) atoms. The summed E-state index contributed by atoms with van der Waals surface area (Å²) in [5.41, 5.74) is -1.26. The molecule has 1 aromatic rings. The number of aliphatic hydroxyl groups is 1. The Bertz CT molecular complexity index is 442. The molecule has 0 aliphatic heterocycles. The van der Waals surface area contributed by atoms with Crippen LogP contribution in [0.3, 0.4) is 0 Å². The number of alkyl halides is 3. The molecule has 0 saturated heterocycles. The van der Waals surface area contributed by atoms with Gasteiger partial charge < -0.3 is 10.4 Å². The van der Waals surface area contributed by atoms with Gasteiger partial charge in [-0.15, -0.1) is 0 Å². The molecule has 2 unspecified atom stereocenters. The molecule has 1 saturated carbocycles. The molecular weight excluding hydrogens is 271 g/mol. The first-order chi connectivity index (χ1) is 9.40. The second-order valence-corrected chi connectivity index (χ2v) is 5.40. The first kappa shape index (κ1) is 15.3. The van der Waals surface area contributed by atoms with Crippen LogP contribution in [0.15, 0.2) is 12.3 Å². The summed E-state index contributed by atoms with van der Waals surface area (Å²) in [6, 6.07) is 0.897. The summed E-state index contributed by atoms with van der Waals surface area (Å²) in [5.74, 6) is 0. The molecule has 1 heterocycles. The molecule has 0 radical (unpaired) electrons. The van der Waals surface area contributed by atoms with Gasteiger partial charge in [0.25, 0.3) is 0 Å². The van der Waals surface area contributed by atoms with Gasteiger partial charge in [0.2, 0.25) is 0 Å². The molecule has 2 N–H and O–H groups in total. The van der Waals surface area contributed by atoms with Gasteiger partial charge in [-0.05, 0) is 38.3 Å². The van der Waals surface area contributed by atoms with Crippen LogP contribution >= 0.6 is 0 Å². The fraction of sp³-hybridized carbons (Fsp3) is 0.769. The van der Waals surface area contributed by atoms with Gasteiger partial charge in [-0.3, -0.25) is 4.68 Å². The number of nitrogens with zero attached hydrogens (tertiary/aromatic N) is 2. The maximum absolute atomic E-state index is 12.6. The van der Waals surface area contributed by atoms with Crippen molar-refractivity contribution < 1.29 is 18.3 Å². The van der Waals surface area contributed by atoms with Crippen molar-refractivity contribution in [3.63, 3.8) is 0 Å². The van der Waals surface area contributed by atoms with Crippen LogP contribution in [0, 0.1) is 0 Å². The highest BCUT2D eigenvalue weighted by Gasteiger charge is 2.38. The molecule has 1 aliphatic carbocycles. The van der Waals surface area contributed by atoms with Gasteiger partial charge in [-0.1, -0.05) is 6.92 Å². The molecule has 0 spiro atoms. The molecular formula is C13H20F3N3O. The van der Waals surface area contributed by atoms with Crippen LogP contribution in [0.25, 0.3) is 0 Å². The van der Waals surface area contributed by atoms with Crippen molar-refractivity contribution in [2.75, 3.05) is 13.2 Å². The fourth-order valence-corrected chi connectivity index (χ4v) is 2.98. The lowest BCUT2D eigenvalue weighted by atomic mass is 9.79. The largest absolute Gasteiger partial charge is 0.435 e. The van der Waals surface area contributed by atoms with E-state index < -0.39 is 17.4 Å². The van der Waals surface area contributed by atoms with Gasteiger partial charge in [0.1, 0.15) is 0 Å². The van der Waals surface area contributed by atoms with Crippen LogP contribution in [0.2, 0.25) is 0 Å². The minimum absolute atomic E-state index is 0.00919. The van der Waals surface area contributed by atoms with Gasteiger partial charge in [-0.2, -0.15) is 18.3 Å². The Morgan fingerprint density at radius 1 is 1.55 bits per heavy atom. The third-order valence-corrected chi connectivity index (χ3v) is 3.95. The lowest BCUT2D eigenvalue weighted by Gasteiger charge is -2.40. The first-order valence-electron chi connectivity index (χ1n) is 6.88. The molecule has 7 heteroatoms. The average Bonchev–Trinajstić information content (AvgIpc) is 2.89. The zero-order valence-corrected chi connectivity index (χ0v) is 11.5. The Morgan fingerprint density at radius 3 is 2.85 bits per heavy atom. The molecule has 1 fully saturated rings. The van der Waals surface area contributed by atoms with Crippen molar-refractivity contribution in [2.45, 2.75) is 50.4 Å². The predicted octanol–water partition coefficient (Wildman–Crippen LogP) is 2.36. The summed E-state index contributed by atoms with van der Waals surface area (Å²) in [5, 5.41) is 16.5. The van der Waals surface area contributed by atoms with Crippen molar-refractivity contribution in [3.05, 3.63) is 18.0 Å². The number of nitrogens with one attached hydrogen (secondary N) is 1. The van der Waals surface area contributed by atoms with Crippen molar-refractivity contribution in [2.24, 2.45) is 0 Å². The molecule has 114 valence electrons. The average molecular weight is 291 g/mol. The van der Waals surface area contributed by atoms with E-state index in [0.717, 1.165) is 31.9 Å². The number of aromatic nitrogens is 2. The van der Waals surface area contributed by atoms with E-state index in [-0.39, 0.29) is 12.6 Å². The molecule has 0 aromatic carbocycles. The van der Waals surface area contributed by atoms with E-state index in [4.69, 9.17) is 0 Å². The van der Waals surface area contributed by atoms with E-state index in [0.29, 0.717) is 6.42 Å². The molecule has 2 atom stereocenters. The summed E-state index contributed by atoms with van der Waals surface area (Å²) in [6.07, 6.45) is 0.0473. The SMILES string of the molecule is CCNC1(CO)CCCC(n2ccc(C(F)(F)F)n2)C1. The van der Waals surface area contributed by atoms with Crippen LogP contribution in [0.4, 0.5) is 13.2 Å². The third kappa shape index (κ3) is 3.15. The van der Waals surface area contributed by atoms with Gasteiger partial charge in [0, 0.05) is 11.7 Å². The Hall–Kier alpha value is -1.08. The highest BCUT2D eigenvalue weighted by molar-refractivity contribution is 5.05. The maximum Gasteiger partial charge on any atom is 0.435 e. The van der Waals surface area contributed by atoms with E-state index in [1.165, 1.54) is 10.9 Å². The molecule has 0 amide bonds. The van der Waals surface area contributed by atoms with E-state index in [2.05, 4.69) is 10.4 Å². The van der Waals surface area contributed by atoms with Crippen LogP contribution < -0.4 is 5.32 Å². The normalized spacial score (nSPS) is 27.8. The van der Waals surface area contributed by atoms with Gasteiger partial charge in [0.15, 0.2) is 5.69 Å². The van der Waals surface area contributed by atoms with Crippen LogP contribution in [-0.4, -0.2) is 33.6 Å². The molecule has 0 bridgehead atoms. The number of likely N-dealkylation sites (N-methyl/N-ethyl adjacent to an activating group) is 1. The topological polar surface area (TPSA) is 50.1 Å². The number of rotatable bonds is 4. The van der Waals surface area contributed by atoms with Crippen LogP contribution in [-0.2, 0) is 6.18 Å². The van der Waals surface area contributed by atoms with Gasteiger partial charge in [-0.25, -0.2) is 0 Å². The maximum atomic E-state index is 12.6. The zero-order chi connectivity index (χ0) is 14.8. The number of hydrogen-bond donors (Lipinski definition) is 2. The summed E-state index contributed by atoms with van der Waals surface area (Å²) < 4.78 is 39.1. The van der Waals surface area contributed by atoms with Gasteiger partial charge in [0.05, 0.1) is 12.6 Å². The first-order valence-corrected chi connectivity index (χ1v) is 6.88. The van der Waals surface area contributed by atoms with Gasteiger partial charge >= 0.3 is 6.18 Å². The van der Waals surface area contributed by atoms with Crippen LogP contribution in [0.5, 0.6) is 0 Å². The third-order valence-electron chi connectivity index (χ3n) is 3.95. The Morgan fingerprint density at radius 2 is 2.30 bits per heavy atom. The minimum Gasteiger partial charge on any atom is -0.394 e. The monoisotopic (exact) mass is 291 g/mol. The number of halogens is 3. The summed E-state index contributed by atoms with van der Waals surface area (Å²) >= 11 is 0. The second kappa shape index (κ2) is 5.73. The number of aliphatic hydroxyl groups excluding tert-OH is 1. The molecule has 1 aliphatic rings. The quantitative estimate of drug-likeness (QED) is 0.895. The fourth-order valence-electron chi connectivity index (χ4n) is 2.98. The highest BCUT2D eigenvalue weighted by atomic mass is 19.4. The van der Waals surface area contributed by atoms with Crippen molar-refractivity contribution in [3.8, 4) is 0 Å². The smallest absolute Gasteiger partial charge is 0.394 e. The van der Waals surface area contributed by atoms with E-state index in [1.54, 1.807) is 0 Å². The molecule has 2 rings (SSSR count). The van der Waals surface area contributed by atoms with E-state index in [1.807, 2.05) is 6.92 Å². The Balaban J connectivity index is 2.14. The van der Waals surface area contributed by atoms with Crippen molar-refractivity contribution in [1.29, 1.82) is 0 Å². The van der Waals surface area contributed by atoms with Crippen molar-refractivity contribution >= 4 is 0 Å². The summed E-state index contributed by atoms with van der Waals surface area (Å²) in [4.78, 5) is 0.